The van der Waals surface area contributed by atoms with Crippen molar-refractivity contribution in [1.82, 2.24) is 4.90 Å². The van der Waals surface area contributed by atoms with Gasteiger partial charge in [-0.1, -0.05) is 30.9 Å². The van der Waals surface area contributed by atoms with E-state index in [9.17, 15) is 0 Å². The number of nitrogens with zero attached hydrogens (tertiary/aromatic N) is 1. The maximum absolute atomic E-state index is 6.65. The van der Waals surface area contributed by atoms with Gasteiger partial charge in [-0.3, -0.25) is 0 Å². The van der Waals surface area contributed by atoms with Gasteiger partial charge in [0.1, 0.15) is 5.75 Å². The Hall–Kier alpha value is -0.770. The van der Waals surface area contributed by atoms with Crippen LogP contribution < -0.4 is 10.5 Å². The first-order chi connectivity index (χ1) is 9.99. The van der Waals surface area contributed by atoms with Crippen LogP contribution in [-0.4, -0.2) is 37.7 Å². The summed E-state index contributed by atoms with van der Waals surface area (Å²) in [5.74, 6) is 0.875. The summed E-state index contributed by atoms with van der Waals surface area (Å²) in [7, 11) is 6.00. The van der Waals surface area contributed by atoms with Gasteiger partial charge in [-0.25, -0.2) is 0 Å². The smallest absolute Gasteiger partial charge is 0.122 e. The van der Waals surface area contributed by atoms with E-state index in [0.717, 1.165) is 22.8 Å². The van der Waals surface area contributed by atoms with Gasteiger partial charge >= 0.3 is 0 Å². The Labute approximate surface area is 133 Å². The molecule has 1 fully saturated rings. The number of hydrogen-bond donors (Lipinski definition) is 1. The van der Waals surface area contributed by atoms with E-state index in [1.807, 2.05) is 18.2 Å². The second-order valence-corrected chi connectivity index (χ2v) is 6.76. The van der Waals surface area contributed by atoms with Gasteiger partial charge in [0.05, 0.1) is 7.11 Å². The molecule has 2 rings (SSSR count). The van der Waals surface area contributed by atoms with Crippen LogP contribution in [0.5, 0.6) is 5.75 Å². The molecule has 0 aromatic heterocycles. The van der Waals surface area contributed by atoms with E-state index < -0.39 is 0 Å². The van der Waals surface area contributed by atoms with Crippen LogP contribution in [-0.2, 0) is 6.42 Å². The SMILES string of the molecule is COc1ccc(Cl)cc1CC(N)C1(N(C)C)CCCCC1. The lowest BCUT2D eigenvalue weighted by Crippen LogP contribution is -2.59. The normalized spacial score (nSPS) is 19.5. The molecule has 21 heavy (non-hydrogen) atoms. The van der Waals surface area contributed by atoms with Gasteiger partial charge in [0.15, 0.2) is 0 Å². The van der Waals surface area contributed by atoms with E-state index in [1.165, 1.54) is 32.1 Å². The third kappa shape index (κ3) is 3.53. The van der Waals surface area contributed by atoms with Crippen LogP contribution in [0.2, 0.25) is 5.02 Å². The zero-order valence-corrected chi connectivity index (χ0v) is 14.1. The zero-order chi connectivity index (χ0) is 15.5. The summed E-state index contributed by atoms with van der Waals surface area (Å²) in [4.78, 5) is 2.33. The Bertz CT molecular complexity index is 470. The van der Waals surface area contributed by atoms with Crippen molar-refractivity contribution in [2.45, 2.75) is 50.1 Å². The van der Waals surface area contributed by atoms with Gasteiger partial charge in [-0.05, 0) is 57.1 Å². The van der Waals surface area contributed by atoms with Crippen molar-refractivity contribution in [1.29, 1.82) is 0 Å². The highest BCUT2D eigenvalue weighted by Crippen LogP contribution is 2.36. The topological polar surface area (TPSA) is 38.5 Å². The third-order valence-electron chi connectivity index (χ3n) is 4.98. The molecule has 4 heteroatoms. The maximum Gasteiger partial charge on any atom is 0.122 e. The molecule has 3 nitrogen and oxygen atoms in total. The monoisotopic (exact) mass is 310 g/mol. The van der Waals surface area contributed by atoms with Crippen LogP contribution in [0.25, 0.3) is 0 Å². The first-order valence-corrected chi connectivity index (χ1v) is 8.13. The molecule has 0 aliphatic heterocycles. The van der Waals surface area contributed by atoms with E-state index in [2.05, 4.69) is 19.0 Å². The molecule has 118 valence electrons. The molecule has 1 aromatic carbocycles. The molecular formula is C17H27ClN2O. The fourth-order valence-electron chi connectivity index (χ4n) is 3.65. The predicted molar refractivity (Wildman–Crippen MR) is 89.2 cm³/mol. The lowest BCUT2D eigenvalue weighted by molar-refractivity contribution is 0.0714. The Morgan fingerprint density at radius 3 is 2.52 bits per heavy atom. The van der Waals surface area contributed by atoms with Crippen molar-refractivity contribution in [3.63, 3.8) is 0 Å². The number of rotatable bonds is 5. The van der Waals surface area contributed by atoms with Crippen molar-refractivity contribution >= 4 is 11.6 Å². The van der Waals surface area contributed by atoms with Crippen LogP contribution in [0.15, 0.2) is 18.2 Å². The van der Waals surface area contributed by atoms with E-state index in [0.29, 0.717) is 0 Å². The number of halogens is 1. The van der Waals surface area contributed by atoms with Crippen LogP contribution in [0, 0.1) is 0 Å². The van der Waals surface area contributed by atoms with Crippen molar-refractivity contribution in [3.8, 4) is 5.75 Å². The van der Waals surface area contributed by atoms with Gasteiger partial charge < -0.3 is 15.4 Å². The number of likely N-dealkylation sites (N-methyl/N-ethyl adjacent to an activating group) is 1. The van der Waals surface area contributed by atoms with Crippen LogP contribution in [0.1, 0.15) is 37.7 Å². The van der Waals surface area contributed by atoms with Crippen molar-refractivity contribution in [2.24, 2.45) is 5.73 Å². The predicted octanol–water partition coefficient (Wildman–Crippen LogP) is 3.48. The molecule has 0 amide bonds. The van der Waals surface area contributed by atoms with Gasteiger partial charge in [0, 0.05) is 16.6 Å². The molecule has 0 spiro atoms. The largest absolute Gasteiger partial charge is 0.496 e. The molecule has 1 aliphatic carbocycles. The summed E-state index contributed by atoms with van der Waals surface area (Å²) in [6, 6.07) is 5.85. The second kappa shape index (κ2) is 6.99. The van der Waals surface area contributed by atoms with E-state index in [1.54, 1.807) is 7.11 Å². The van der Waals surface area contributed by atoms with Crippen molar-refractivity contribution in [2.75, 3.05) is 21.2 Å². The molecule has 1 aromatic rings. The average molecular weight is 311 g/mol. The second-order valence-electron chi connectivity index (χ2n) is 6.33. The Kier molecular flexibility index (Phi) is 5.53. The van der Waals surface area contributed by atoms with Crippen LogP contribution in [0.4, 0.5) is 0 Å². The van der Waals surface area contributed by atoms with Crippen molar-refractivity contribution < 1.29 is 4.74 Å². The molecule has 1 atom stereocenters. The first kappa shape index (κ1) is 16.6. The molecule has 1 aliphatic rings. The number of methoxy groups -OCH3 is 1. The lowest BCUT2D eigenvalue weighted by Gasteiger charge is -2.47. The third-order valence-corrected chi connectivity index (χ3v) is 5.22. The quantitative estimate of drug-likeness (QED) is 0.905. The minimum absolute atomic E-state index is 0.0835. The zero-order valence-electron chi connectivity index (χ0n) is 13.4. The minimum Gasteiger partial charge on any atom is -0.496 e. The fraction of sp³-hybridized carbons (Fsp3) is 0.647. The summed E-state index contributed by atoms with van der Waals surface area (Å²) >= 11 is 6.13. The van der Waals surface area contributed by atoms with Gasteiger partial charge in [0.2, 0.25) is 0 Å². The van der Waals surface area contributed by atoms with Gasteiger partial charge in [-0.2, -0.15) is 0 Å². The fourth-order valence-corrected chi connectivity index (χ4v) is 3.84. The first-order valence-electron chi connectivity index (χ1n) is 7.75. The highest BCUT2D eigenvalue weighted by molar-refractivity contribution is 6.30. The molecule has 0 heterocycles. The molecule has 2 N–H and O–H groups in total. The molecule has 1 unspecified atom stereocenters. The Balaban J connectivity index is 2.22. The van der Waals surface area contributed by atoms with Crippen molar-refractivity contribution in [3.05, 3.63) is 28.8 Å². The van der Waals surface area contributed by atoms with E-state index >= 15 is 0 Å². The number of hydrogen-bond acceptors (Lipinski definition) is 3. The number of benzene rings is 1. The summed E-state index contributed by atoms with van der Waals surface area (Å²) < 4.78 is 5.45. The highest BCUT2D eigenvalue weighted by atomic mass is 35.5. The van der Waals surface area contributed by atoms with Crippen LogP contribution in [0.3, 0.4) is 0 Å². The summed E-state index contributed by atoms with van der Waals surface area (Å²) in [6.45, 7) is 0. The van der Waals surface area contributed by atoms with Gasteiger partial charge in [-0.15, -0.1) is 0 Å². The molecular weight excluding hydrogens is 284 g/mol. The summed E-state index contributed by atoms with van der Waals surface area (Å²) in [5.41, 5.74) is 7.84. The Morgan fingerprint density at radius 1 is 1.29 bits per heavy atom. The summed E-state index contributed by atoms with van der Waals surface area (Å²) in [6.07, 6.45) is 6.98. The minimum atomic E-state index is 0.0835. The maximum atomic E-state index is 6.65. The molecule has 0 saturated heterocycles. The number of nitrogens with two attached hydrogens (primary N) is 1. The Morgan fingerprint density at radius 2 is 1.95 bits per heavy atom. The molecule has 0 bridgehead atoms. The van der Waals surface area contributed by atoms with E-state index in [4.69, 9.17) is 22.1 Å². The lowest BCUT2D eigenvalue weighted by atomic mass is 9.74. The molecule has 0 radical (unpaired) electrons. The van der Waals surface area contributed by atoms with Crippen LogP contribution >= 0.6 is 11.6 Å². The summed E-state index contributed by atoms with van der Waals surface area (Å²) in [5, 5.41) is 0.737. The highest BCUT2D eigenvalue weighted by Gasteiger charge is 2.40. The van der Waals surface area contributed by atoms with E-state index in [-0.39, 0.29) is 11.6 Å². The number of ether oxygens (including phenoxy) is 1. The standard InChI is InChI=1S/C17H27ClN2O/c1-20(2)17(9-5-4-6-10-17)16(19)12-13-11-14(18)7-8-15(13)21-3/h7-8,11,16H,4-6,9-10,12,19H2,1-3H3. The van der Waals surface area contributed by atoms with Gasteiger partial charge in [0.25, 0.3) is 0 Å². The average Bonchev–Trinajstić information content (AvgIpc) is 2.48. The molecule has 1 saturated carbocycles.